The molecule has 1 N–H and O–H groups in total. The normalized spacial score (nSPS) is 12.5. The lowest BCUT2D eigenvalue weighted by Gasteiger charge is -2.13. The van der Waals surface area contributed by atoms with Crippen molar-refractivity contribution in [2.75, 3.05) is 7.11 Å². The second kappa shape index (κ2) is 5.07. The molecule has 0 radical (unpaired) electrons. The molecule has 0 fully saturated rings. The van der Waals surface area contributed by atoms with E-state index in [1.165, 1.54) is 0 Å². The number of rotatable bonds is 3. The number of aryl methyl sites for hydroxylation is 2. The summed E-state index contributed by atoms with van der Waals surface area (Å²) in [6.45, 7) is 1.95. The first-order chi connectivity index (χ1) is 8.54. The van der Waals surface area contributed by atoms with Gasteiger partial charge in [0.2, 0.25) is 0 Å². The maximum absolute atomic E-state index is 10.4. The number of methoxy groups -OCH3 is 1. The number of benzene rings is 1. The molecule has 0 saturated carbocycles. The molecule has 0 aliphatic carbocycles. The van der Waals surface area contributed by atoms with Crippen molar-refractivity contribution in [2.45, 2.75) is 13.0 Å². The third-order valence-corrected chi connectivity index (χ3v) is 3.40. The summed E-state index contributed by atoms with van der Waals surface area (Å²) in [6.07, 6.45) is -0.797. The highest BCUT2D eigenvalue weighted by atomic mass is 79.9. The molecule has 1 aromatic heterocycles. The average Bonchev–Trinajstić information content (AvgIpc) is 2.69. The highest BCUT2D eigenvalue weighted by Crippen LogP contribution is 2.29. The first-order valence-electron chi connectivity index (χ1n) is 5.42. The van der Waals surface area contributed by atoms with Crippen LogP contribution in [0, 0.1) is 6.92 Å². The van der Waals surface area contributed by atoms with E-state index in [1.54, 1.807) is 18.8 Å². The van der Waals surface area contributed by atoms with Crippen LogP contribution in [0.25, 0.3) is 0 Å². The molecule has 6 heteroatoms. The van der Waals surface area contributed by atoms with Crippen molar-refractivity contribution in [1.82, 2.24) is 15.0 Å². The largest absolute Gasteiger partial charge is 0.496 e. The van der Waals surface area contributed by atoms with E-state index in [0.717, 1.165) is 16.9 Å². The van der Waals surface area contributed by atoms with Crippen LogP contribution in [0.3, 0.4) is 0 Å². The highest BCUT2D eigenvalue weighted by Gasteiger charge is 2.20. The number of hydrogen-bond acceptors (Lipinski definition) is 4. The van der Waals surface area contributed by atoms with Gasteiger partial charge in [-0.15, -0.1) is 5.10 Å². The molecule has 18 heavy (non-hydrogen) atoms. The van der Waals surface area contributed by atoms with Crippen LogP contribution in [-0.4, -0.2) is 27.2 Å². The molecule has 1 heterocycles. The van der Waals surface area contributed by atoms with Gasteiger partial charge in [-0.2, -0.15) is 0 Å². The van der Waals surface area contributed by atoms with Gasteiger partial charge in [0.1, 0.15) is 17.5 Å². The summed E-state index contributed by atoms with van der Waals surface area (Å²) in [6, 6.07) is 5.59. The molecule has 5 nitrogen and oxygen atoms in total. The van der Waals surface area contributed by atoms with Crippen molar-refractivity contribution in [1.29, 1.82) is 0 Å². The van der Waals surface area contributed by atoms with Gasteiger partial charge in [-0.1, -0.05) is 17.3 Å². The van der Waals surface area contributed by atoms with Gasteiger partial charge in [-0.3, -0.25) is 0 Å². The molecule has 0 aliphatic rings. The second-order valence-corrected chi connectivity index (χ2v) is 4.77. The predicted octanol–water partition coefficient (Wildman–Crippen LogP) is 1.98. The zero-order valence-electron chi connectivity index (χ0n) is 10.4. The van der Waals surface area contributed by atoms with Gasteiger partial charge in [0.15, 0.2) is 4.60 Å². The van der Waals surface area contributed by atoms with Crippen LogP contribution in [0.2, 0.25) is 0 Å². The van der Waals surface area contributed by atoms with Gasteiger partial charge in [0, 0.05) is 7.05 Å². The number of ether oxygens (including phenoxy) is 1. The fraction of sp³-hybridized carbons (Fsp3) is 0.333. The van der Waals surface area contributed by atoms with Crippen LogP contribution >= 0.6 is 15.9 Å². The van der Waals surface area contributed by atoms with Crippen molar-refractivity contribution >= 4 is 15.9 Å². The third kappa shape index (κ3) is 2.26. The number of halogens is 1. The van der Waals surface area contributed by atoms with E-state index in [1.807, 2.05) is 25.1 Å². The molecule has 2 rings (SSSR count). The Bertz CT molecular complexity index is 549. The van der Waals surface area contributed by atoms with Gasteiger partial charge in [-0.25, -0.2) is 4.68 Å². The number of hydrogen-bond donors (Lipinski definition) is 1. The van der Waals surface area contributed by atoms with E-state index in [9.17, 15) is 5.11 Å². The van der Waals surface area contributed by atoms with E-state index in [-0.39, 0.29) is 0 Å². The van der Waals surface area contributed by atoms with Crippen LogP contribution < -0.4 is 4.74 Å². The monoisotopic (exact) mass is 311 g/mol. The zero-order chi connectivity index (χ0) is 13.3. The summed E-state index contributed by atoms with van der Waals surface area (Å²) < 4.78 is 7.33. The van der Waals surface area contributed by atoms with E-state index >= 15 is 0 Å². The maximum Gasteiger partial charge on any atom is 0.154 e. The first kappa shape index (κ1) is 13.0. The first-order valence-corrected chi connectivity index (χ1v) is 6.21. The van der Waals surface area contributed by atoms with Crippen molar-refractivity contribution < 1.29 is 9.84 Å². The van der Waals surface area contributed by atoms with Crippen LogP contribution in [0.5, 0.6) is 5.75 Å². The summed E-state index contributed by atoms with van der Waals surface area (Å²) in [5, 5.41) is 18.1. The van der Waals surface area contributed by atoms with Gasteiger partial charge in [0.25, 0.3) is 0 Å². The molecule has 1 unspecified atom stereocenters. The van der Waals surface area contributed by atoms with Crippen LogP contribution in [0.1, 0.15) is 22.9 Å². The Balaban J connectivity index is 2.43. The standard InChI is InChI=1S/C12H14BrN3O2/c1-7-4-5-8(6-9(7)18-3)11(17)10-12(13)14-15-16(10)2/h4-6,11,17H,1-3H3. The molecule has 0 aliphatic heterocycles. The van der Waals surface area contributed by atoms with Gasteiger partial charge >= 0.3 is 0 Å². The quantitative estimate of drug-likeness (QED) is 0.941. The molecule has 96 valence electrons. The maximum atomic E-state index is 10.4. The van der Waals surface area contributed by atoms with E-state index < -0.39 is 6.10 Å². The second-order valence-electron chi connectivity index (χ2n) is 4.02. The van der Waals surface area contributed by atoms with Gasteiger partial charge in [-0.05, 0) is 40.0 Å². The summed E-state index contributed by atoms with van der Waals surface area (Å²) in [4.78, 5) is 0. The van der Waals surface area contributed by atoms with Crippen molar-refractivity contribution in [3.05, 3.63) is 39.6 Å². The van der Waals surface area contributed by atoms with Gasteiger partial charge < -0.3 is 9.84 Å². The Morgan fingerprint density at radius 1 is 1.44 bits per heavy atom. The molecule has 0 amide bonds. The third-order valence-electron chi connectivity index (χ3n) is 2.83. The molecular weight excluding hydrogens is 298 g/mol. The van der Waals surface area contributed by atoms with Crippen LogP contribution in [0.4, 0.5) is 0 Å². The fourth-order valence-electron chi connectivity index (χ4n) is 1.79. The average molecular weight is 312 g/mol. The molecule has 0 spiro atoms. The number of aliphatic hydroxyl groups excluding tert-OH is 1. The van der Waals surface area contributed by atoms with Crippen LogP contribution in [-0.2, 0) is 7.05 Å². The van der Waals surface area contributed by atoms with E-state index in [2.05, 4.69) is 26.2 Å². The van der Waals surface area contributed by atoms with Gasteiger partial charge in [0.05, 0.1) is 7.11 Å². The van der Waals surface area contributed by atoms with Crippen molar-refractivity contribution in [3.8, 4) is 5.75 Å². The minimum atomic E-state index is -0.797. The SMILES string of the molecule is COc1cc(C(O)c2c(Br)nnn2C)ccc1C. The minimum absolute atomic E-state index is 0.539. The Labute approximate surface area is 114 Å². The number of aromatic nitrogens is 3. The molecule has 1 atom stereocenters. The lowest BCUT2D eigenvalue weighted by Crippen LogP contribution is -2.07. The van der Waals surface area contributed by atoms with Crippen molar-refractivity contribution in [2.24, 2.45) is 7.05 Å². The molecular formula is C12H14BrN3O2. The van der Waals surface area contributed by atoms with Crippen molar-refractivity contribution in [3.63, 3.8) is 0 Å². The Kier molecular flexibility index (Phi) is 3.68. The number of aliphatic hydroxyl groups is 1. The molecule has 0 bridgehead atoms. The number of nitrogens with zero attached hydrogens (tertiary/aromatic N) is 3. The Morgan fingerprint density at radius 2 is 2.17 bits per heavy atom. The van der Waals surface area contributed by atoms with E-state index in [0.29, 0.717) is 10.3 Å². The lowest BCUT2D eigenvalue weighted by molar-refractivity contribution is 0.208. The molecule has 0 saturated heterocycles. The summed E-state index contributed by atoms with van der Waals surface area (Å²) >= 11 is 3.28. The zero-order valence-corrected chi connectivity index (χ0v) is 12.0. The lowest BCUT2D eigenvalue weighted by atomic mass is 10.0. The highest BCUT2D eigenvalue weighted by molar-refractivity contribution is 9.10. The topological polar surface area (TPSA) is 60.2 Å². The smallest absolute Gasteiger partial charge is 0.154 e. The Hall–Kier alpha value is -1.40. The molecule has 2 aromatic rings. The van der Waals surface area contributed by atoms with E-state index in [4.69, 9.17) is 4.74 Å². The minimum Gasteiger partial charge on any atom is -0.496 e. The summed E-state index contributed by atoms with van der Waals surface area (Å²) in [5.74, 6) is 0.748. The fourth-order valence-corrected chi connectivity index (χ4v) is 2.34. The summed E-state index contributed by atoms with van der Waals surface area (Å²) in [7, 11) is 3.35. The Morgan fingerprint density at radius 3 is 2.72 bits per heavy atom. The summed E-state index contributed by atoms with van der Waals surface area (Å²) in [5.41, 5.74) is 2.38. The predicted molar refractivity (Wildman–Crippen MR) is 70.5 cm³/mol. The molecule has 1 aromatic carbocycles. The van der Waals surface area contributed by atoms with Crippen LogP contribution in [0.15, 0.2) is 22.8 Å².